The summed E-state index contributed by atoms with van der Waals surface area (Å²) in [5, 5.41) is 7.95. The lowest BCUT2D eigenvalue weighted by Gasteiger charge is -2.29. The Labute approximate surface area is 383 Å². The molecular formula is C48H56Cl2N4O10. The molecule has 0 heterocycles. The van der Waals surface area contributed by atoms with Crippen molar-refractivity contribution in [3.63, 3.8) is 0 Å². The zero-order chi connectivity index (χ0) is 45.6. The van der Waals surface area contributed by atoms with Gasteiger partial charge in [-0.2, -0.15) is 0 Å². The molecule has 4 unspecified atom stereocenters. The van der Waals surface area contributed by atoms with Crippen LogP contribution in [0.1, 0.15) is 71.3 Å². The molecule has 6 atom stereocenters. The second kappa shape index (κ2) is 23.6. The Balaban J connectivity index is 1.10. The van der Waals surface area contributed by atoms with Gasteiger partial charge in [0.2, 0.25) is 0 Å². The molecule has 2 aliphatic carbocycles. The first-order valence-corrected chi connectivity index (χ1v) is 22.2. The molecule has 0 spiro atoms. The number of esters is 2. The molecule has 2 aliphatic rings. The molecule has 0 radical (unpaired) electrons. The number of halogens is 2. The predicted molar refractivity (Wildman–Crippen MR) is 241 cm³/mol. The number of ether oxygens (including phenoxy) is 6. The van der Waals surface area contributed by atoms with E-state index < -0.39 is 48.2 Å². The normalized spacial score (nSPS) is 17.4. The lowest BCUT2D eigenvalue weighted by atomic mass is 9.88. The van der Waals surface area contributed by atoms with Gasteiger partial charge in [-0.15, -0.1) is 0 Å². The maximum Gasteiger partial charge on any atom is 0.418 e. The largest absolute Gasteiger partial charge is 0.481 e. The molecule has 342 valence electrons. The molecule has 0 bridgehead atoms. The summed E-state index contributed by atoms with van der Waals surface area (Å²) in [5.74, 6) is -2.39. The highest BCUT2D eigenvalue weighted by molar-refractivity contribution is 6.31. The van der Waals surface area contributed by atoms with Crippen LogP contribution < -0.4 is 31.6 Å². The van der Waals surface area contributed by atoms with Gasteiger partial charge in [-0.25, -0.2) is 9.59 Å². The summed E-state index contributed by atoms with van der Waals surface area (Å²) < 4.78 is 33.9. The van der Waals surface area contributed by atoms with E-state index in [1.165, 1.54) is 11.1 Å². The van der Waals surface area contributed by atoms with E-state index in [1.807, 2.05) is 36.4 Å². The molecule has 4 aromatic carbocycles. The number of methoxy groups -OCH3 is 2. The van der Waals surface area contributed by atoms with Crippen LogP contribution in [0.15, 0.2) is 84.9 Å². The minimum absolute atomic E-state index is 0.00683. The van der Waals surface area contributed by atoms with Crippen molar-refractivity contribution in [3.05, 3.63) is 128 Å². The summed E-state index contributed by atoms with van der Waals surface area (Å²) in [5.41, 5.74) is 16.8. The van der Waals surface area contributed by atoms with E-state index in [1.54, 1.807) is 62.8 Å². The minimum atomic E-state index is -1.16. The van der Waals surface area contributed by atoms with Crippen molar-refractivity contribution in [3.8, 4) is 11.5 Å². The summed E-state index contributed by atoms with van der Waals surface area (Å²) in [4.78, 5) is 51.3. The van der Waals surface area contributed by atoms with E-state index in [4.69, 9.17) is 63.1 Å². The standard InChI is InChI=1S/C48H56Cl2N4O10/c1-59-19-17-41(45(51)55)61-39-15-11-29-9-13-37(23-33(29)25-39)53-27-43(31-5-3-7-35(49)21-31)63-47(57)48(58)64-44(32-6-4-8-36(50)22-32)28-54-38-14-10-30-12-16-40(26-34(30)24-38)62-42(46(52)56)18-20-60-2/h3-8,11-12,15-16,21-22,25-26,37-38,41-44,53-54H,9-10,13-14,17-20,23-24,27-28H2,1-2H3,(H2,51,55)(H2,52,56)/t37?,38?,41?,42?,43-,44-/m0/s1. The Hall–Kier alpha value is -5.22. The molecule has 0 aliphatic heterocycles. The van der Waals surface area contributed by atoms with Crippen LogP contribution in [0.2, 0.25) is 10.0 Å². The topological polar surface area (TPSA) is 200 Å². The molecule has 0 saturated heterocycles. The maximum atomic E-state index is 13.6. The monoisotopic (exact) mass is 918 g/mol. The van der Waals surface area contributed by atoms with Gasteiger partial charge >= 0.3 is 11.9 Å². The molecule has 0 fully saturated rings. The van der Waals surface area contributed by atoms with E-state index in [2.05, 4.69) is 10.6 Å². The lowest BCUT2D eigenvalue weighted by molar-refractivity contribution is -0.174. The number of fused-ring (bicyclic) bond motifs is 2. The molecule has 2 amide bonds. The van der Waals surface area contributed by atoms with E-state index in [0.29, 0.717) is 71.6 Å². The Kier molecular flexibility index (Phi) is 17.8. The SMILES string of the molecule is COCCC(Oc1ccc2c(c1)CC(NC[C@H](OC(=O)C(=O)O[C@@H](CNC1CCc3ccc(OC(CCOC)C(N)=O)cc3C1)c1cccc(Cl)c1)c1cccc(Cl)c1)CC2)C(N)=O. The molecule has 6 rings (SSSR count). The third-order valence-electron chi connectivity index (χ3n) is 11.5. The van der Waals surface area contributed by atoms with Crippen LogP contribution >= 0.6 is 23.2 Å². The highest BCUT2D eigenvalue weighted by atomic mass is 35.5. The van der Waals surface area contributed by atoms with Gasteiger partial charge in [0.15, 0.2) is 12.2 Å². The quantitative estimate of drug-likeness (QED) is 0.0556. The van der Waals surface area contributed by atoms with Crippen LogP contribution in [-0.2, 0) is 63.8 Å². The van der Waals surface area contributed by atoms with Gasteiger partial charge in [0.1, 0.15) is 23.7 Å². The molecule has 4 aromatic rings. The number of carbonyl (C=O) groups excluding carboxylic acids is 4. The van der Waals surface area contributed by atoms with Crippen molar-refractivity contribution >= 4 is 47.0 Å². The second-order valence-electron chi connectivity index (χ2n) is 16.0. The van der Waals surface area contributed by atoms with Crippen molar-refractivity contribution in [2.45, 2.75) is 87.9 Å². The summed E-state index contributed by atoms with van der Waals surface area (Å²) >= 11 is 12.8. The fourth-order valence-corrected chi connectivity index (χ4v) is 8.43. The zero-order valence-corrected chi connectivity index (χ0v) is 37.5. The molecule has 16 heteroatoms. The van der Waals surface area contributed by atoms with Gasteiger partial charge in [0, 0.05) is 62.3 Å². The average Bonchev–Trinajstić information content (AvgIpc) is 3.28. The van der Waals surface area contributed by atoms with Crippen LogP contribution in [0.25, 0.3) is 0 Å². The van der Waals surface area contributed by atoms with Crippen molar-refractivity contribution in [2.24, 2.45) is 11.5 Å². The Morgan fingerprint density at radius 2 is 1.03 bits per heavy atom. The van der Waals surface area contributed by atoms with Crippen LogP contribution in [0.5, 0.6) is 11.5 Å². The van der Waals surface area contributed by atoms with Crippen LogP contribution in [-0.4, -0.2) is 88.6 Å². The van der Waals surface area contributed by atoms with Crippen LogP contribution in [0.4, 0.5) is 0 Å². The van der Waals surface area contributed by atoms with Crippen molar-refractivity contribution in [2.75, 3.05) is 40.5 Å². The van der Waals surface area contributed by atoms with Crippen LogP contribution in [0.3, 0.4) is 0 Å². The fraction of sp³-hybridized carbons (Fsp3) is 0.417. The molecule has 14 nitrogen and oxygen atoms in total. The number of primary amides is 2. The summed E-state index contributed by atoms with van der Waals surface area (Å²) in [7, 11) is 3.10. The molecule has 6 N–H and O–H groups in total. The number of rotatable bonds is 22. The zero-order valence-electron chi connectivity index (χ0n) is 36.0. The van der Waals surface area contributed by atoms with Gasteiger partial charge in [-0.05, 0) is 120 Å². The number of carbonyl (C=O) groups is 4. The number of hydrogen-bond donors (Lipinski definition) is 4. The Morgan fingerprint density at radius 1 is 0.609 bits per heavy atom. The maximum absolute atomic E-state index is 13.6. The first-order chi connectivity index (χ1) is 30.9. The fourth-order valence-electron chi connectivity index (χ4n) is 8.03. The van der Waals surface area contributed by atoms with Gasteiger partial charge in [0.05, 0.1) is 13.2 Å². The van der Waals surface area contributed by atoms with E-state index >= 15 is 0 Å². The van der Waals surface area contributed by atoms with E-state index in [-0.39, 0.29) is 25.2 Å². The first-order valence-electron chi connectivity index (χ1n) is 21.4. The molecule has 0 aromatic heterocycles. The van der Waals surface area contributed by atoms with Crippen LogP contribution in [0, 0.1) is 0 Å². The van der Waals surface area contributed by atoms with Gasteiger partial charge in [0.25, 0.3) is 11.8 Å². The van der Waals surface area contributed by atoms with Gasteiger partial charge < -0.3 is 50.5 Å². The second-order valence-corrected chi connectivity index (χ2v) is 16.9. The summed E-state index contributed by atoms with van der Waals surface area (Å²) in [6, 6.07) is 25.4. The Morgan fingerprint density at radius 3 is 1.41 bits per heavy atom. The number of hydrogen-bond acceptors (Lipinski definition) is 12. The van der Waals surface area contributed by atoms with E-state index in [0.717, 1.165) is 36.8 Å². The number of nitrogens with one attached hydrogen (secondary N) is 2. The number of amides is 2. The molecular weight excluding hydrogens is 863 g/mol. The van der Waals surface area contributed by atoms with E-state index in [9.17, 15) is 19.2 Å². The number of benzene rings is 4. The molecule has 0 saturated carbocycles. The number of nitrogens with two attached hydrogens (primary N) is 2. The lowest BCUT2D eigenvalue weighted by Crippen LogP contribution is -2.39. The third-order valence-corrected chi connectivity index (χ3v) is 11.9. The average molecular weight is 920 g/mol. The predicted octanol–water partition coefficient (Wildman–Crippen LogP) is 5.69. The third kappa shape index (κ3) is 13.9. The Bertz CT molecular complexity index is 2090. The summed E-state index contributed by atoms with van der Waals surface area (Å²) in [6.45, 7) is 1.02. The number of aryl methyl sites for hydroxylation is 2. The summed E-state index contributed by atoms with van der Waals surface area (Å²) in [6.07, 6.45) is 1.73. The van der Waals surface area contributed by atoms with Crippen molar-refractivity contribution in [1.29, 1.82) is 0 Å². The highest BCUT2D eigenvalue weighted by Gasteiger charge is 2.30. The molecule has 64 heavy (non-hydrogen) atoms. The van der Waals surface area contributed by atoms with Crippen molar-refractivity contribution in [1.82, 2.24) is 10.6 Å². The smallest absolute Gasteiger partial charge is 0.418 e. The van der Waals surface area contributed by atoms with Gasteiger partial charge in [-0.1, -0.05) is 59.6 Å². The first kappa shape index (κ1) is 48.2. The minimum Gasteiger partial charge on any atom is -0.481 e. The van der Waals surface area contributed by atoms with Crippen molar-refractivity contribution < 1.29 is 47.6 Å². The highest BCUT2D eigenvalue weighted by Crippen LogP contribution is 2.30. The van der Waals surface area contributed by atoms with Gasteiger partial charge in [-0.3, -0.25) is 9.59 Å².